The SMILES string of the molecule is O=C1C=CC(=O)O1.[Pd].c1ccc(P(c2ccccc2)c2ccccc2)cc1.c1ccc(P(c2ccccc2)c2ccccc2)cc1. The first kappa shape index (κ1) is 34.6. The molecule has 6 heteroatoms. The Labute approximate surface area is 287 Å². The molecule has 230 valence electrons. The van der Waals surface area contributed by atoms with Gasteiger partial charge in [-0.3, -0.25) is 0 Å². The molecular weight excluding hydrogens is 697 g/mol. The summed E-state index contributed by atoms with van der Waals surface area (Å²) in [5, 5.41) is 8.39. The van der Waals surface area contributed by atoms with E-state index in [0.717, 1.165) is 12.2 Å². The average molecular weight is 729 g/mol. The first-order valence-electron chi connectivity index (χ1n) is 14.5. The second-order valence-corrected chi connectivity index (χ2v) is 14.2. The predicted molar refractivity (Wildman–Crippen MR) is 191 cm³/mol. The Kier molecular flexibility index (Phi) is 14.0. The summed E-state index contributed by atoms with van der Waals surface area (Å²) in [5.41, 5.74) is 0. The van der Waals surface area contributed by atoms with Crippen LogP contribution in [-0.2, 0) is 34.7 Å². The smallest absolute Gasteiger partial charge is 0.338 e. The molecule has 1 heterocycles. The van der Waals surface area contributed by atoms with Crippen LogP contribution in [0.5, 0.6) is 0 Å². The molecule has 6 aromatic rings. The third-order valence-corrected chi connectivity index (χ3v) is 11.5. The largest absolute Gasteiger partial charge is 0.387 e. The van der Waals surface area contributed by atoms with E-state index in [0.29, 0.717) is 0 Å². The van der Waals surface area contributed by atoms with Crippen molar-refractivity contribution < 1.29 is 34.7 Å². The maximum Gasteiger partial charge on any atom is 0.338 e. The minimum Gasteiger partial charge on any atom is -0.387 e. The van der Waals surface area contributed by atoms with E-state index in [4.69, 9.17) is 0 Å². The van der Waals surface area contributed by atoms with Crippen LogP contribution in [0.4, 0.5) is 0 Å². The van der Waals surface area contributed by atoms with Crippen LogP contribution in [0.1, 0.15) is 0 Å². The fraction of sp³-hybridized carbons (Fsp3) is 0. The van der Waals surface area contributed by atoms with Crippen molar-refractivity contribution in [3.63, 3.8) is 0 Å². The number of hydrogen-bond acceptors (Lipinski definition) is 3. The number of cyclic esters (lactones) is 2. The molecule has 0 fully saturated rings. The second-order valence-electron chi connectivity index (χ2n) is 9.76. The van der Waals surface area contributed by atoms with Gasteiger partial charge in [0, 0.05) is 32.6 Å². The van der Waals surface area contributed by atoms with Crippen LogP contribution in [0.15, 0.2) is 194 Å². The first-order chi connectivity index (χ1) is 22.2. The van der Waals surface area contributed by atoms with Crippen LogP contribution in [0.25, 0.3) is 0 Å². The number of benzene rings is 6. The predicted octanol–water partition coefficient (Wildman–Crippen LogP) is 6.51. The summed E-state index contributed by atoms with van der Waals surface area (Å²) in [6, 6.07) is 64.7. The summed E-state index contributed by atoms with van der Waals surface area (Å²) in [7, 11) is -0.892. The number of ether oxygens (including phenoxy) is 1. The number of rotatable bonds is 6. The van der Waals surface area contributed by atoms with E-state index in [-0.39, 0.29) is 20.4 Å². The molecule has 7 rings (SSSR count). The summed E-state index contributed by atoms with van der Waals surface area (Å²) in [6.45, 7) is 0. The van der Waals surface area contributed by atoms with Crippen molar-refractivity contribution in [1.29, 1.82) is 0 Å². The molecule has 0 saturated heterocycles. The van der Waals surface area contributed by atoms with Gasteiger partial charge in [-0.25, -0.2) is 9.59 Å². The van der Waals surface area contributed by atoms with Gasteiger partial charge in [0.15, 0.2) is 0 Å². The Hall–Kier alpha value is -4.28. The zero-order chi connectivity index (χ0) is 31.1. The van der Waals surface area contributed by atoms with E-state index < -0.39 is 27.8 Å². The van der Waals surface area contributed by atoms with Crippen molar-refractivity contribution in [3.05, 3.63) is 194 Å². The fourth-order valence-electron chi connectivity index (χ4n) is 4.66. The Morgan fingerprint density at radius 3 is 0.609 bits per heavy atom. The van der Waals surface area contributed by atoms with Gasteiger partial charge in [0.2, 0.25) is 0 Å². The third kappa shape index (κ3) is 10.1. The Morgan fingerprint density at radius 2 is 0.478 bits per heavy atom. The van der Waals surface area contributed by atoms with Crippen molar-refractivity contribution in [1.82, 2.24) is 0 Å². The van der Waals surface area contributed by atoms with Gasteiger partial charge in [0.25, 0.3) is 0 Å². The average Bonchev–Trinajstić information content (AvgIpc) is 3.50. The van der Waals surface area contributed by atoms with Crippen molar-refractivity contribution >= 4 is 59.6 Å². The van der Waals surface area contributed by atoms with Gasteiger partial charge >= 0.3 is 11.9 Å². The van der Waals surface area contributed by atoms with E-state index in [1.807, 2.05) is 0 Å². The third-order valence-electron chi connectivity index (χ3n) is 6.64. The van der Waals surface area contributed by atoms with Gasteiger partial charge in [-0.1, -0.05) is 182 Å². The topological polar surface area (TPSA) is 43.4 Å². The van der Waals surface area contributed by atoms with Crippen molar-refractivity contribution in [3.8, 4) is 0 Å². The minimum absolute atomic E-state index is 0. The molecule has 3 nitrogen and oxygen atoms in total. The van der Waals surface area contributed by atoms with Crippen LogP contribution in [0, 0.1) is 0 Å². The van der Waals surface area contributed by atoms with Crippen LogP contribution >= 0.6 is 15.8 Å². The summed E-state index contributed by atoms with van der Waals surface area (Å²) < 4.78 is 3.97. The first-order valence-corrected chi connectivity index (χ1v) is 17.2. The molecule has 46 heavy (non-hydrogen) atoms. The number of esters is 2. The zero-order valence-corrected chi connectivity index (χ0v) is 28.3. The summed E-state index contributed by atoms with van der Waals surface area (Å²) >= 11 is 0. The number of carbonyl (C=O) groups is 2. The monoisotopic (exact) mass is 728 g/mol. The van der Waals surface area contributed by atoms with E-state index in [9.17, 15) is 9.59 Å². The van der Waals surface area contributed by atoms with Gasteiger partial charge in [-0.05, 0) is 47.7 Å². The molecule has 0 aromatic heterocycles. The Balaban J connectivity index is 0.000000170. The zero-order valence-electron chi connectivity index (χ0n) is 24.9. The molecular formula is C40H32O3P2Pd. The summed E-state index contributed by atoms with van der Waals surface area (Å²) in [5.74, 6) is -1.16. The van der Waals surface area contributed by atoms with E-state index in [2.05, 4.69) is 187 Å². The standard InChI is InChI=1S/2C18H15P.C4H2O3.Pd/c2*1-4-10-16(11-5-1)19(17-12-6-2-7-13-17)18-14-8-3-9-15-18;5-3-1-2-4(6)7-3;/h2*1-15H;1-2H;. The maximum atomic E-state index is 9.92. The molecule has 1 aliphatic rings. The normalized spacial score (nSPS) is 11.4. The van der Waals surface area contributed by atoms with Gasteiger partial charge in [-0.2, -0.15) is 0 Å². The van der Waals surface area contributed by atoms with E-state index >= 15 is 0 Å². The van der Waals surface area contributed by atoms with Crippen LogP contribution in [0.2, 0.25) is 0 Å². The molecule has 0 saturated carbocycles. The van der Waals surface area contributed by atoms with Gasteiger partial charge in [-0.15, -0.1) is 0 Å². The van der Waals surface area contributed by atoms with Gasteiger partial charge in [0.05, 0.1) is 0 Å². The fourth-order valence-corrected chi connectivity index (χ4v) is 9.27. The Morgan fingerprint density at radius 1 is 0.304 bits per heavy atom. The molecule has 0 spiro atoms. The summed E-state index contributed by atoms with van der Waals surface area (Å²) in [4.78, 5) is 19.8. The molecule has 6 aromatic carbocycles. The van der Waals surface area contributed by atoms with Gasteiger partial charge in [0.1, 0.15) is 0 Å². The molecule has 1 aliphatic heterocycles. The number of carbonyl (C=O) groups excluding carboxylic acids is 2. The van der Waals surface area contributed by atoms with E-state index in [1.165, 1.54) is 31.8 Å². The van der Waals surface area contributed by atoms with Crippen LogP contribution < -0.4 is 31.8 Å². The van der Waals surface area contributed by atoms with Gasteiger partial charge < -0.3 is 4.74 Å². The summed E-state index contributed by atoms with van der Waals surface area (Å²) in [6.07, 6.45) is 2.17. The Bertz CT molecular complexity index is 1460. The van der Waals surface area contributed by atoms with Crippen molar-refractivity contribution in [2.24, 2.45) is 0 Å². The molecule has 0 aliphatic carbocycles. The van der Waals surface area contributed by atoms with E-state index in [1.54, 1.807) is 0 Å². The quantitative estimate of drug-likeness (QED) is 0.0851. The second kappa shape index (κ2) is 18.6. The molecule has 0 unspecified atom stereocenters. The van der Waals surface area contributed by atoms with Crippen molar-refractivity contribution in [2.75, 3.05) is 0 Å². The van der Waals surface area contributed by atoms with Crippen LogP contribution in [0.3, 0.4) is 0 Å². The molecule has 0 atom stereocenters. The number of hydrogen-bond donors (Lipinski definition) is 0. The van der Waals surface area contributed by atoms with Crippen LogP contribution in [-0.4, -0.2) is 11.9 Å². The van der Waals surface area contributed by atoms with Crippen molar-refractivity contribution in [2.45, 2.75) is 0 Å². The molecule has 0 bridgehead atoms. The molecule has 0 N–H and O–H groups in total. The minimum atomic E-state index is -0.579. The molecule has 0 radical (unpaired) electrons. The molecule has 0 amide bonds. The maximum absolute atomic E-state index is 9.92.